The van der Waals surface area contributed by atoms with Crippen LogP contribution < -0.4 is 21.7 Å². The van der Waals surface area contributed by atoms with Crippen molar-refractivity contribution >= 4 is 6.02 Å². The first-order valence-electron chi connectivity index (χ1n) is 10.1. The normalized spacial score (nSPS) is 24.7. The third-order valence-corrected chi connectivity index (χ3v) is 5.62. The van der Waals surface area contributed by atoms with Crippen LogP contribution in [0.2, 0.25) is 0 Å². The summed E-state index contributed by atoms with van der Waals surface area (Å²) in [4.78, 5) is 7.26. The highest BCUT2D eigenvalue weighted by Crippen LogP contribution is 2.21. The van der Waals surface area contributed by atoms with Crippen LogP contribution in [0, 0.1) is 11.8 Å². The maximum absolute atomic E-state index is 6.16. The van der Waals surface area contributed by atoms with Crippen molar-refractivity contribution in [2.24, 2.45) is 22.6 Å². The topological polar surface area (TPSA) is 86.9 Å². The number of amidine groups is 1. The second kappa shape index (κ2) is 10.0. The maximum atomic E-state index is 6.16. The van der Waals surface area contributed by atoms with Gasteiger partial charge in [0.05, 0.1) is 12.3 Å². The molecule has 1 saturated heterocycles. The zero-order valence-corrected chi connectivity index (χ0v) is 17.1. The highest BCUT2D eigenvalue weighted by atomic mass is 16.5. The fourth-order valence-corrected chi connectivity index (χ4v) is 3.64. The molecule has 4 atom stereocenters. The van der Waals surface area contributed by atoms with Gasteiger partial charge in [0.25, 0.3) is 6.02 Å². The Morgan fingerprint density at radius 3 is 2.62 bits per heavy atom. The highest BCUT2D eigenvalue weighted by Gasteiger charge is 2.28. The zero-order chi connectivity index (χ0) is 19.1. The first kappa shape index (κ1) is 20.8. The summed E-state index contributed by atoms with van der Waals surface area (Å²) in [7, 11) is 1.87. The maximum Gasteiger partial charge on any atom is 0.292 e. The van der Waals surface area contributed by atoms with Gasteiger partial charge in [-0.3, -0.25) is 10.6 Å². The molecule has 2 aliphatic heterocycles. The van der Waals surface area contributed by atoms with Crippen molar-refractivity contribution in [2.75, 3.05) is 33.3 Å². The molecular formula is C19H38N6O. The Hall–Kier alpha value is -1.47. The van der Waals surface area contributed by atoms with Crippen LogP contribution >= 0.6 is 0 Å². The number of rotatable bonds is 9. The van der Waals surface area contributed by atoms with Crippen LogP contribution in [-0.4, -0.2) is 56.4 Å². The molecule has 0 aliphatic carbocycles. The van der Waals surface area contributed by atoms with Crippen LogP contribution in [0.1, 0.15) is 47.0 Å². The van der Waals surface area contributed by atoms with Gasteiger partial charge in [0.2, 0.25) is 0 Å². The smallest absolute Gasteiger partial charge is 0.292 e. The molecule has 0 radical (unpaired) electrons. The second-order valence-corrected chi connectivity index (χ2v) is 7.69. The van der Waals surface area contributed by atoms with Gasteiger partial charge in [-0.15, -0.1) is 0 Å². The van der Waals surface area contributed by atoms with Crippen LogP contribution in [-0.2, 0) is 4.74 Å². The standard InChI is InChI=1S/C19H38N6O/c1-6-11-26-19-23-17(20)16(21-5)18(24-19)22-15(4)14(3)13(2)12-25-9-7-8-10-25/h13-15,18,21-22H,6-12,20H2,1-5H3,(H,23,24)/t13-,14+,15-,18?/m1/s1. The molecule has 0 aromatic rings. The molecule has 150 valence electrons. The molecule has 7 nitrogen and oxygen atoms in total. The number of hydrogen-bond donors (Lipinski definition) is 4. The minimum absolute atomic E-state index is 0.218. The van der Waals surface area contributed by atoms with E-state index in [-0.39, 0.29) is 6.17 Å². The zero-order valence-electron chi connectivity index (χ0n) is 17.1. The van der Waals surface area contributed by atoms with E-state index < -0.39 is 0 Å². The average molecular weight is 367 g/mol. The second-order valence-electron chi connectivity index (χ2n) is 7.69. The van der Waals surface area contributed by atoms with E-state index in [4.69, 9.17) is 10.5 Å². The molecule has 0 amide bonds. The van der Waals surface area contributed by atoms with Gasteiger partial charge in [0, 0.05) is 19.6 Å². The van der Waals surface area contributed by atoms with E-state index in [1.54, 1.807) is 0 Å². The lowest BCUT2D eigenvalue weighted by Gasteiger charge is -2.33. The molecule has 0 aromatic carbocycles. The molecule has 0 bridgehead atoms. The van der Waals surface area contributed by atoms with Gasteiger partial charge >= 0.3 is 0 Å². The van der Waals surface area contributed by atoms with Gasteiger partial charge in [-0.05, 0) is 51.1 Å². The lowest BCUT2D eigenvalue weighted by Crippen LogP contribution is -2.50. The number of nitrogens with two attached hydrogens (primary N) is 1. The van der Waals surface area contributed by atoms with Crippen LogP contribution in [0.5, 0.6) is 0 Å². The third-order valence-electron chi connectivity index (χ3n) is 5.62. The molecule has 0 saturated carbocycles. The van der Waals surface area contributed by atoms with E-state index in [0.717, 1.165) is 12.1 Å². The van der Waals surface area contributed by atoms with Crippen molar-refractivity contribution in [2.45, 2.75) is 59.2 Å². The summed E-state index contributed by atoms with van der Waals surface area (Å²) in [6, 6.07) is 0.800. The van der Waals surface area contributed by atoms with E-state index in [9.17, 15) is 0 Å². The molecule has 5 N–H and O–H groups in total. The third kappa shape index (κ3) is 5.51. The average Bonchev–Trinajstić information content (AvgIpc) is 3.12. The van der Waals surface area contributed by atoms with Gasteiger partial charge < -0.3 is 20.7 Å². The summed E-state index contributed by atoms with van der Waals surface area (Å²) in [5.74, 6) is 1.72. The highest BCUT2D eigenvalue weighted by molar-refractivity contribution is 5.77. The van der Waals surface area contributed by atoms with E-state index >= 15 is 0 Å². The van der Waals surface area contributed by atoms with Gasteiger partial charge in [0.1, 0.15) is 12.0 Å². The van der Waals surface area contributed by atoms with Gasteiger partial charge in [-0.1, -0.05) is 20.8 Å². The fraction of sp³-hybridized carbons (Fsp3) is 0.842. The number of nitrogens with zero attached hydrogens (tertiary/aromatic N) is 2. The lowest BCUT2D eigenvalue weighted by molar-refractivity contribution is 0.207. The number of hydrogen-bond acceptors (Lipinski definition) is 7. The van der Waals surface area contributed by atoms with Crippen LogP contribution in [0.4, 0.5) is 0 Å². The van der Waals surface area contributed by atoms with Gasteiger partial charge in [0.15, 0.2) is 0 Å². The predicted molar refractivity (Wildman–Crippen MR) is 107 cm³/mol. The van der Waals surface area contributed by atoms with E-state index in [2.05, 4.69) is 53.5 Å². The molecule has 26 heavy (non-hydrogen) atoms. The first-order valence-corrected chi connectivity index (χ1v) is 10.1. The quantitative estimate of drug-likeness (QED) is 0.493. The summed E-state index contributed by atoms with van der Waals surface area (Å²) in [6.07, 6.45) is 3.40. The van der Waals surface area contributed by atoms with E-state index in [1.807, 2.05) is 7.05 Å². The number of likely N-dealkylation sites (tertiary alicyclic amines) is 1. The molecule has 2 aliphatic rings. The minimum Gasteiger partial charge on any atom is -0.465 e. The summed E-state index contributed by atoms with van der Waals surface area (Å²) < 4.78 is 5.65. The summed E-state index contributed by atoms with van der Waals surface area (Å²) in [6.45, 7) is 13.3. The summed E-state index contributed by atoms with van der Waals surface area (Å²) in [5, 5.41) is 9.84. The number of likely N-dealkylation sites (N-methyl/N-ethyl adjacent to an activating group) is 1. The largest absolute Gasteiger partial charge is 0.465 e. The van der Waals surface area contributed by atoms with Crippen molar-refractivity contribution in [3.8, 4) is 0 Å². The minimum atomic E-state index is -0.218. The Kier molecular flexibility index (Phi) is 8.03. The Balaban J connectivity index is 1.97. The van der Waals surface area contributed by atoms with Gasteiger partial charge in [-0.2, -0.15) is 0 Å². The van der Waals surface area contributed by atoms with Crippen molar-refractivity contribution < 1.29 is 4.74 Å². The number of aliphatic imine (C=N–C) groups is 1. The van der Waals surface area contributed by atoms with Crippen molar-refractivity contribution in [3.63, 3.8) is 0 Å². The van der Waals surface area contributed by atoms with Crippen molar-refractivity contribution in [1.29, 1.82) is 0 Å². The molecule has 2 rings (SSSR count). The number of nitrogens with one attached hydrogen (secondary N) is 3. The van der Waals surface area contributed by atoms with E-state index in [0.29, 0.717) is 36.3 Å². The van der Waals surface area contributed by atoms with Crippen molar-refractivity contribution in [3.05, 3.63) is 11.5 Å². The van der Waals surface area contributed by atoms with Crippen LogP contribution in [0.3, 0.4) is 0 Å². The predicted octanol–water partition coefficient (Wildman–Crippen LogP) is 1.39. The molecular weight excluding hydrogens is 328 g/mol. The molecule has 2 heterocycles. The Bertz CT molecular complexity index is 500. The molecule has 1 fully saturated rings. The molecule has 1 unspecified atom stereocenters. The lowest BCUT2D eigenvalue weighted by atomic mass is 9.89. The Morgan fingerprint density at radius 1 is 1.31 bits per heavy atom. The van der Waals surface area contributed by atoms with Crippen LogP contribution in [0.15, 0.2) is 16.5 Å². The fourth-order valence-electron chi connectivity index (χ4n) is 3.64. The Labute approximate surface area is 158 Å². The number of ether oxygens (including phenoxy) is 1. The van der Waals surface area contributed by atoms with Gasteiger partial charge in [-0.25, -0.2) is 4.99 Å². The van der Waals surface area contributed by atoms with Crippen LogP contribution in [0.25, 0.3) is 0 Å². The SMILES string of the molecule is CCCOC1=NC(N[C@H](C)[C@@H](C)[C@H](C)CN2CCCC2)C(NC)=C(N)N1. The summed E-state index contributed by atoms with van der Waals surface area (Å²) >= 11 is 0. The first-order chi connectivity index (χ1) is 12.5. The molecule has 0 spiro atoms. The Morgan fingerprint density at radius 2 is 2.00 bits per heavy atom. The molecule has 0 aromatic heterocycles. The molecule has 7 heteroatoms. The van der Waals surface area contributed by atoms with E-state index in [1.165, 1.54) is 32.5 Å². The van der Waals surface area contributed by atoms with Crippen molar-refractivity contribution in [1.82, 2.24) is 20.9 Å². The monoisotopic (exact) mass is 366 g/mol. The summed E-state index contributed by atoms with van der Waals surface area (Å²) in [5.41, 5.74) is 7.02.